The van der Waals surface area contributed by atoms with Gasteiger partial charge in [-0.1, -0.05) is 0 Å². The first-order chi connectivity index (χ1) is 9.02. The third-order valence-electron chi connectivity index (χ3n) is 2.25. The lowest BCUT2D eigenvalue weighted by atomic mass is 10.2. The van der Waals surface area contributed by atoms with Gasteiger partial charge in [-0.15, -0.1) is 0 Å². The summed E-state index contributed by atoms with van der Waals surface area (Å²) in [6.07, 6.45) is 2.92. The van der Waals surface area contributed by atoms with Crippen molar-refractivity contribution in [3.63, 3.8) is 0 Å². The van der Waals surface area contributed by atoms with E-state index in [1.54, 1.807) is 13.0 Å². The Balaban J connectivity index is 2.54. The minimum absolute atomic E-state index is 0.0337. The van der Waals surface area contributed by atoms with Gasteiger partial charge in [0.1, 0.15) is 5.76 Å². The molecule has 0 amide bonds. The molecular weight excluding hydrogens is 248 g/mol. The van der Waals surface area contributed by atoms with Crippen molar-refractivity contribution >= 4 is 23.6 Å². The van der Waals surface area contributed by atoms with Gasteiger partial charge in [0.25, 0.3) is 0 Å². The lowest BCUT2D eigenvalue weighted by Crippen LogP contribution is -2.07. The minimum Gasteiger partial charge on any atom is -0.466 e. The topological polar surface area (TPSA) is 73.6 Å². The van der Waals surface area contributed by atoms with Crippen LogP contribution >= 0.6 is 0 Å². The molecule has 102 valence electrons. The molecule has 19 heavy (non-hydrogen) atoms. The van der Waals surface area contributed by atoms with E-state index in [-0.39, 0.29) is 30.2 Å². The molecule has 1 aromatic rings. The summed E-state index contributed by atoms with van der Waals surface area (Å²) in [4.78, 5) is 33.6. The van der Waals surface area contributed by atoms with Crippen LogP contribution in [-0.2, 0) is 14.3 Å². The SMILES string of the molecule is CCOC(=O)CCC(=O)c1ccc(C=CC(C)=O)o1. The standard InChI is InChI=1S/C14H16O5/c1-3-18-14(17)9-7-12(16)13-8-6-11(19-13)5-4-10(2)15/h4-6,8H,3,7,9H2,1-2H3. The van der Waals surface area contributed by atoms with Gasteiger partial charge in [0, 0.05) is 6.42 Å². The molecule has 5 heteroatoms. The summed E-state index contributed by atoms with van der Waals surface area (Å²) < 4.78 is 9.98. The molecule has 0 unspecified atom stereocenters. The lowest BCUT2D eigenvalue weighted by Gasteiger charge is -1.99. The highest BCUT2D eigenvalue weighted by Gasteiger charge is 2.13. The van der Waals surface area contributed by atoms with E-state index < -0.39 is 5.97 Å². The second-order valence-corrected chi connectivity index (χ2v) is 3.87. The van der Waals surface area contributed by atoms with Crippen LogP contribution in [0.25, 0.3) is 6.08 Å². The first-order valence-electron chi connectivity index (χ1n) is 6.00. The number of ether oxygens (including phenoxy) is 1. The van der Waals surface area contributed by atoms with Gasteiger partial charge >= 0.3 is 5.97 Å². The predicted molar refractivity (Wildman–Crippen MR) is 68.6 cm³/mol. The number of carbonyl (C=O) groups excluding carboxylic acids is 3. The van der Waals surface area contributed by atoms with Crippen molar-refractivity contribution in [2.45, 2.75) is 26.7 Å². The number of furan rings is 1. The van der Waals surface area contributed by atoms with Crippen LogP contribution in [0.3, 0.4) is 0 Å². The highest BCUT2D eigenvalue weighted by molar-refractivity contribution is 5.95. The van der Waals surface area contributed by atoms with Crippen molar-refractivity contribution in [3.8, 4) is 0 Å². The summed E-state index contributed by atoms with van der Waals surface area (Å²) in [5.41, 5.74) is 0. The Bertz CT molecular complexity index is 496. The van der Waals surface area contributed by atoms with Gasteiger partial charge in [-0.3, -0.25) is 14.4 Å². The highest BCUT2D eigenvalue weighted by Crippen LogP contribution is 2.13. The van der Waals surface area contributed by atoms with Crippen LogP contribution in [0.4, 0.5) is 0 Å². The summed E-state index contributed by atoms with van der Waals surface area (Å²) in [5, 5.41) is 0. The number of hydrogen-bond acceptors (Lipinski definition) is 5. The summed E-state index contributed by atoms with van der Waals surface area (Å²) in [6, 6.07) is 3.12. The van der Waals surface area contributed by atoms with Crippen molar-refractivity contribution in [1.29, 1.82) is 0 Å². The summed E-state index contributed by atoms with van der Waals surface area (Å²) in [5.74, 6) is -0.177. The van der Waals surface area contributed by atoms with Crippen LogP contribution in [-0.4, -0.2) is 24.1 Å². The lowest BCUT2D eigenvalue weighted by molar-refractivity contribution is -0.143. The van der Waals surface area contributed by atoms with Crippen LogP contribution in [0.2, 0.25) is 0 Å². The van der Waals surface area contributed by atoms with Gasteiger partial charge < -0.3 is 9.15 Å². The number of ketones is 2. The molecule has 1 rings (SSSR count). The second-order valence-electron chi connectivity index (χ2n) is 3.87. The van der Waals surface area contributed by atoms with Crippen LogP contribution in [0.5, 0.6) is 0 Å². The van der Waals surface area contributed by atoms with Crippen LogP contribution in [0.1, 0.15) is 43.0 Å². The molecule has 0 saturated heterocycles. The van der Waals surface area contributed by atoms with Gasteiger partial charge in [-0.25, -0.2) is 0 Å². The third-order valence-corrected chi connectivity index (χ3v) is 2.25. The summed E-state index contributed by atoms with van der Waals surface area (Å²) >= 11 is 0. The summed E-state index contributed by atoms with van der Waals surface area (Å²) in [7, 11) is 0. The maximum Gasteiger partial charge on any atom is 0.306 e. The zero-order chi connectivity index (χ0) is 14.3. The molecule has 0 aliphatic heterocycles. The number of Topliss-reactive ketones (excluding diaryl/α,β-unsaturated/α-hetero) is 1. The van der Waals surface area contributed by atoms with Crippen LogP contribution in [0, 0.1) is 0 Å². The van der Waals surface area contributed by atoms with E-state index in [1.165, 1.54) is 25.1 Å². The molecule has 0 aromatic carbocycles. The van der Waals surface area contributed by atoms with E-state index in [1.807, 2.05) is 0 Å². The fraction of sp³-hybridized carbons (Fsp3) is 0.357. The van der Waals surface area contributed by atoms with Crippen molar-refractivity contribution in [3.05, 3.63) is 29.7 Å². The van der Waals surface area contributed by atoms with Gasteiger partial charge in [-0.05, 0) is 38.1 Å². The van der Waals surface area contributed by atoms with E-state index in [4.69, 9.17) is 9.15 Å². The van der Waals surface area contributed by atoms with Crippen molar-refractivity contribution < 1.29 is 23.5 Å². The summed E-state index contributed by atoms with van der Waals surface area (Å²) in [6.45, 7) is 3.43. The molecule has 0 atom stereocenters. The average Bonchev–Trinajstić information content (AvgIpc) is 2.82. The number of hydrogen-bond donors (Lipinski definition) is 0. The van der Waals surface area contributed by atoms with Gasteiger partial charge in [0.05, 0.1) is 13.0 Å². The molecular formula is C14H16O5. The maximum absolute atomic E-state index is 11.7. The van der Waals surface area contributed by atoms with E-state index in [0.717, 1.165) is 0 Å². The molecule has 0 aliphatic rings. The fourth-order valence-corrected chi connectivity index (χ4v) is 1.36. The zero-order valence-corrected chi connectivity index (χ0v) is 11.0. The smallest absolute Gasteiger partial charge is 0.306 e. The quantitative estimate of drug-likeness (QED) is 0.429. The van der Waals surface area contributed by atoms with E-state index in [0.29, 0.717) is 12.4 Å². The number of carbonyl (C=O) groups is 3. The molecule has 1 heterocycles. The third kappa shape index (κ3) is 5.33. The van der Waals surface area contributed by atoms with E-state index in [2.05, 4.69) is 0 Å². The molecule has 0 aliphatic carbocycles. The molecule has 0 saturated carbocycles. The predicted octanol–water partition coefficient (Wildman–Crippen LogP) is 2.41. The molecule has 5 nitrogen and oxygen atoms in total. The molecule has 0 bridgehead atoms. The van der Waals surface area contributed by atoms with Gasteiger partial charge in [0.2, 0.25) is 0 Å². The molecule has 0 spiro atoms. The van der Waals surface area contributed by atoms with Gasteiger partial charge in [-0.2, -0.15) is 0 Å². The van der Waals surface area contributed by atoms with Crippen molar-refractivity contribution in [2.75, 3.05) is 6.61 Å². The average molecular weight is 264 g/mol. The minimum atomic E-state index is -0.404. The Hall–Kier alpha value is -2.17. The first-order valence-corrected chi connectivity index (χ1v) is 6.00. The van der Waals surface area contributed by atoms with Crippen LogP contribution < -0.4 is 0 Å². The van der Waals surface area contributed by atoms with E-state index >= 15 is 0 Å². The molecule has 0 radical (unpaired) electrons. The number of allylic oxidation sites excluding steroid dienone is 1. The van der Waals surface area contributed by atoms with Gasteiger partial charge in [0.15, 0.2) is 17.3 Å². The highest BCUT2D eigenvalue weighted by atomic mass is 16.5. The monoisotopic (exact) mass is 264 g/mol. The second kappa shape index (κ2) is 7.31. The van der Waals surface area contributed by atoms with Crippen molar-refractivity contribution in [2.24, 2.45) is 0 Å². The Morgan fingerprint density at radius 2 is 2.00 bits per heavy atom. The fourth-order valence-electron chi connectivity index (χ4n) is 1.36. The normalized spacial score (nSPS) is 10.6. The molecule has 1 aromatic heterocycles. The molecule has 0 N–H and O–H groups in total. The largest absolute Gasteiger partial charge is 0.466 e. The Morgan fingerprint density at radius 3 is 2.63 bits per heavy atom. The molecule has 0 fully saturated rings. The first kappa shape index (κ1) is 14.9. The Kier molecular flexibility index (Phi) is 5.73. The van der Waals surface area contributed by atoms with Crippen molar-refractivity contribution in [1.82, 2.24) is 0 Å². The Morgan fingerprint density at radius 1 is 1.26 bits per heavy atom. The number of esters is 1. The van der Waals surface area contributed by atoms with Crippen LogP contribution in [0.15, 0.2) is 22.6 Å². The maximum atomic E-state index is 11.7. The number of rotatable bonds is 7. The Labute approximate surface area is 111 Å². The zero-order valence-electron chi connectivity index (χ0n) is 11.0. The van der Waals surface area contributed by atoms with E-state index in [9.17, 15) is 14.4 Å².